The Bertz CT molecular complexity index is 881. The first-order valence-electron chi connectivity index (χ1n) is 8.96. The summed E-state index contributed by atoms with van der Waals surface area (Å²) in [7, 11) is -0.593. The van der Waals surface area contributed by atoms with E-state index < -0.39 is 10.0 Å². The third-order valence-corrected chi connectivity index (χ3v) is 6.33. The van der Waals surface area contributed by atoms with Crippen LogP contribution >= 0.6 is 0 Å². The van der Waals surface area contributed by atoms with Crippen molar-refractivity contribution in [3.05, 3.63) is 48.0 Å². The van der Waals surface area contributed by atoms with E-state index in [2.05, 4.69) is 40.8 Å². The van der Waals surface area contributed by atoms with Gasteiger partial charge in [0.15, 0.2) is 11.5 Å². The van der Waals surface area contributed by atoms with Crippen molar-refractivity contribution in [1.29, 1.82) is 0 Å². The summed E-state index contributed by atoms with van der Waals surface area (Å²) in [6.45, 7) is 4.27. The maximum Gasteiger partial charge on any atom is 0.240 e. The summed E-state index contributed by atoms with van der Waals surface area (Å²) in [5, 5.41) is 0. The molecule has 1 fully saturated rings. The average Bonchev–Trinajstić information content (AvgIpc) is 3.15. The minimum Gasteiger partial charge on any atom is -0.493 e. The van der Waals surface area contributed by atoms with Crippen LogP contribution in [0.15, 0.2) is 47.4 Å². The van der Waals surface area contributed by atoms with Crippen LogP contribution in [0.1, 0.15) is 12.0 Å². The number of anilines is 1. The number of ether oxygens (including phenoxy) is 2. The summed E-state index contributed by atoms with van der Waals surface area (Å²) in [6, 6.07) is 13.0. The molecule has 3 rings (SSSR count). The summed E-state index contributed by atoms with van der Waals surface area (Å²) in [5.74, 6) is 1.17. The van der Waals surface area contributed by atoms with Crippen LogP contribution in [0.5, 0.6) is 11.5 Å². The molecule has 6 nitrogen and oxygen atoms in total. The normalized spacial score (nSPS) is 17.1. The molecule has 0 amide bonds. The number of hydrogen-bond donors (Lipinski definition) is 1. The van der Waals surface area contributed by atoms with Gasteiger partial charge in [-0.2, -0.15) is 0 Å². The van der Waals surface area contributed by atoms with E-state index in [0.29, 0.717) is 18.0 Å². The largest absolute Gasteiger partial charge is 0.493 e. The summed E-state index contributed by atoms with van der Waals surface area (Å²) in [5.41, 5.74) is 2.42. The van der Waals surface area contributed by atoms with E-state index in [1.807, 2.05) is 0 Å². The Balaban J connectivity index is 1.62. The Morgan fingerprint density at radius 2 is 1.78 bits per heavy atom. The zero-order valence-electron chi connectivity index (χ0n) is 15.9. The van der Waals surface area contributed by atoms with Gasteiger partial charge in [0.05, 0.1) is 19.1 Å². The van der Waals surface area contributed by atoms with Gasteiger partial charge in [-0.1, -0.05) is 17.7 Å². The van der Waals surface area contributed by atoms with Crippen molar-refractivity contribution < 1.29 is 17.9 Å². The molecule has 1 N–H and O–H groups in total. The Hall–Kier alpha value is -2.25. The lowest BCUT2D eigenvalue weighted by Crippen LogP contribution is -2.31. The van der Waals surface area contributed by atoms with Gasteiger partial charge in [-0.05, 0) is 43.5 Å². The molecule has 1 atom stereocenters. The van der Waals surface area contributed by atoms with Crippen molar-refractivity contribution in [3.63, 3.8) is 0 Å². The summed E-state index contributed by atoms with van der Waals surface area (Å²) < 4.78 is 38.3. The molecule has 146 valence electrons. The second kappa shape index (κ2) is 8.19. The van der Waals surface area contributed by atoms with Gasteiger partial charge in [0.25, 0.3) is 0 Å². The average molecular weight is 391 g/mol. The van der Waals surface area contributed by atoms with Crippen LogP contribution in [0.4, 0.5) is 5.69 Å². The van der Waals surface area contributed by atoms with Gasteiger partial charge in [-0.15, -0.1) is 0 Å². The zero-order chi connectivity index (χ0) is 19.4. The summed E-state index contributed by atoms with van der Waals surface area (Å²) >= 11 is 0. The fourth-order valence-electron chi connectivity index (χ4n) is 3.28. The summed E-state index contributed by atoms with van der Waals surface area (Å²) in [4.78, 5) is 2.47. The zero-order valence-corrected chi connectivity index (χ0v) is 16.8. The minimum atomic E-state index is -3.60. The van der Waals surface area contributed by atoms with Crippen molar-refractivity contribution in [2.75, 3.05) is 38.8 Å². The van der Waals surface area contributed by atoms with Crippen molar-refractivity contribution in [2.24, 2.45) is 5.92 Å². The Morgan fingerprint density at radius 3 is 2.44 bits per heavy atom. The lowest BCUT2D eigenvalue weighted by atomic mass is 10.1. The van der Waals surface area contributed by atoms with Gasteiger partial charge in [0.1, 0.15) is 0 Å². The van der Waals surface area contributed by atoms with Crippen LogP contribution in [0, 0.1) is 12.8 Å². The van der Waals surface area contributed by atoms with E-state index in [1.165, 1.54) is 37.6 Å². The molecule has 0 bridgehead atoms. The number of sulfonamides is 1. The topological polar surface area (TPSA) is 67.9 Å². The first kappa shape index (κ1) is 19.5. The molecule has 2 aromatic rings. The highest BCUT2D eigenvalue weighted by Gasteiger charge is 2.25. The maximum atomic E-state index is 12.6. The van der Waals surface area contributed by atoms with Crippen LogP contribution in [0.3, 0.4) is 0 Å². The fourth-order valence-corrected chi connectivity index (χ4v) is 4.42. The molecule has 0 saturated carbocycles. The highest BCUT2D eigenvalue weighted by Crippen LogP contribution is 2.29. The quantitative estimate of drug-likeness (QED) is 0.787. The highest BCUT2D eigenvalue weighted by atomic mass is 32.2. The Morgan fingerprint density at radius 1 is 1.07 bits per heavy atom. The van der Waals surface area contributed by atoms with Crippen LogP contribution < -0.4 is 19.1 Å². The van der Waals surface area contributed by atoms with Crippen molar-refractivity contribution in [2.45, 2.75) is 18.2 Å². The first-order chi connectivity index (χ1) is 12.9. The van der Waals surface area contributed by atoms with Gasteiger partial charge in [-0.25, -0.2) is 13.1 Å². The van der Waals surface area contributed by atoms with Crippen molar-refractivity contribution in [3.8, 4) is 11.5 Å². The molecule has 0 spiro atoms. The van der Waals surface area contributed by atoms with Crippen LogP contribution in [-0.2, 0) is 10.0 Å². The molecule has 1 aliphatic rings. The van der Waals surface area contributed by atoms with Crippen LogP contribution in [-0.4, -0.2) is 42.3 Å². The number of methoxy groups -OCH3 is 2. The Kier molecular flexibility index (Phi) is 5.92. The lowest BCUT2D eigenvalue weighted by Gasteiger charge is -2.19. The van der Waals surface area contributed by atoms with E-state index in [4.69, 9.17) is 9.47 Å². The third-order valence-electron chi connectivity index (χ3n) is 4.91. The fraction of sp³-hybridized carbons (Fsp3) is 0.400. The van der Waals surface area contributed by atoms with E-state index >= 15 is 0 Å². The number of hydrogen-bond acceptors (Lipinski definition) is 5. The molecular formula is C20H26N2O4S. The monoisotopic (exact) mass is 390 g/mol. The maximum absolute atomic E-state index is 12.6. The molecular weight excluding hydrogens is 364 g/mol. The van der Waals surface area contributed by atoms with Gasteiger partial charge in [0.2, 0.25) is 10.0 Å². The second-order valence-electron chi connectivity index (χ2n) is 6.80. The minimum absolute atomic E-state index is 0.175. The molecule has 2 aromatic carbocycles. The molecule has 27 heavy (non-hydrogen) atoms. The van der Waals surface area contributed by atoms with Crippen molar-refractivity contribution >= 4 is 15.7 Å². The number of nitrogens with one attached hydrogen (secondary N) is 1. The van der Waals surface area contributed by atoms with Crippen LogP contribution in [0.25, 0.3) is 0 Å². The molecule has 1 unspecified atom stereocenters. The number of aryl methyl sites for hydroxylation is 1. The van der Waals surface area contributed by atoms with Crippen LogP contribution in [0.2, 0.25) is 0 Å². The van der Waals surface area contributed by atoms with E-state index in [1.54, 1.807) is 6.07 Å². The van der Waals surface area contributed by atoms with Crippen molar-refractivity contribution in [1.82, 2.24) is 4.72 Å². The predicted molar refractivity (Wildman–Crippen MR) is 106 cm³/mol. The lowest BCUT2D eigenvalue weighted by molar-refractivity contribution is 0.354. The third kappa shape index (κ3) is 4.54. The highest BCUT2D eigenvalue weighted by molar-refractivity contribution is 7.89. The molecule has 7 heteroatoms. The Labute approximate surface area is 161 Å². The molecule has 0 radical (unpaired) electrons. The number of nitrogens with zero attached hydrogens (tertiary/aromatic N) is 1. The number of benzene rings is 2. The van der Waals surface area contributed by atoms with E-state index in [9.17, 15) is 8.42 Å². The first-order valence-corrected chi connectivity index (χ1v) is 10.4. The standard InChI is InChI=1S/C20H26N2O4S/c1-15-4-6-17(7-5-15)22-11-10-16(14-22)13-21-27(23,24)18-8-9-19(25-2)20(12-18)26-3/h4-9,12,16,21H,10-11,13-14H2,1-3H3. The molecule has 0 aliphatic carbocycles. The number of rotatable bonds is 7. The van der Waals surface area contributed by atoms with Gasteiger partial charge in [-0.3, -0.25) is 0 Å². The summed E-state index contributed by atoms with van der Waals surface area (Å²) in [6.07, 6.45) is 0.961. The smallest absolute Gasteiger partial charge is 0.240 e. The van der Waals surface area contributed by atoms with E-state index in [-0.39, 0.29) is 10.8 Å². The molecule has 1 heterocycles. The molecule has 1 saturated heterocycles. The predicted octanol–water partition coefficient (Wildman–Crippen LogP) is 2.82. The van der Waals surface area contributed by atoms with Gasteiger partial charge in [0, 0.05) is 31.4 Å². The second-order valence-corrected chi connectivity index (χ2v) is 8.57. The molecule has 1 aliphatic heterocycles. The van der Waals surface area contributed by atoms with E-state index in [0.717, 1.165) is 19.5 Å². The molecule has 0 aromatic heterocycles. The van der Waals surface area contributed by atoms with Gasteiger partial charge >= 0.3 is 0 Å². The van der Waals surface area contributed by atoms with Gasteiger partial charge < -0.3 is 14.4 Å². The SMILES string of the molecule is COc1ccc(S(=O)(=O)NCC2CCN(c3ccc(C)cc3)C2)cc1OC.